The average Bonchev–Trinajstić information content (AvgIpc) is 2.40. The Morgan fingerprint density at radius 1 is 1.42 bits per heavy atom. The van der Waals surface area contributed by atoms with Crippen LogP contribution in [0.1, 0.15) is 31.7 Å². The first-order chi connectivity index (χ1) is 9.10. The van der Waals surface area contributed by atoms with Crippen LogP contribution in [0.15, 0.2) is 18.2 Å². The number of carbonyl (C=O) groups excluding carboxylic acids is 1. The van der Waals surface area contributed by atoms with Crippen molar-refractivity contribution in [2.45, 2.75) is 39.2 Å². The second kappa shape index (κ2) is 6.04. The maximum atomic E-state index is 13.1. The van der Waals surface area contributed by atoms with Crippen molar-refractivity contribution in [2.75, 3.05) is 18.0 Å². The van der Waals surface area contributed by atoms with Crippen molar-refractivity contribution in [2.24, 2.45) is 0 Å². The van der Waals surface area contributed by atoms with Crippen LogP contribution >= 0.6 is 0 Å². The summed E-state index contributed by atoms with van der Waals surface area (Å²) >= 11 is 0. The number of aryl methyl sites for hydroxylation is 1. The van der Waals surface area contributed by atoms with Crippen LogP contribution in [0.25, 0.3) is 0 Å². The van der Waals surface area contributed by atoms with Crippen LogP contribution < -0.4 is 4.90 Å². The number of hydrogen-bond donors (Lipinski definition) is 0. The van der Waals surface area contributed by atoms with Crippen molar-refractivity contribution in [3.63, 3.8) is 0 Å². The maximum Gasteiger partial charge on any atom is 0.305 e. The zero-order valence-corrected chi connectivity index (χ0v) is 11.5. The third-order valence-electron chi connectivity index (χ3n) is 3.53. The van der Waals surface area contributed by atoms with E-state index in [1.807, 2.05) is 13.0 Å². The highest BCUT2D eigenvalue weighted by Gasteiger charge is 2.22. The lowest BCUT2D eigenvalue weighted by molar-refractivity contribution is -0.149. The quantitative estimate of drug-likeness (QED) is 0.787. The molecule has 1 aromatic rings. The van der Waals surface area contributed by atoms with Crippen LogP contribution in [-0.4, -0.2) is 25.2 Å². The number of ether oxygens (including phenoxy) is 1. The second-order valence-corrected chi connectivity index (χ2v) is 4.96. The van der Waals surface area contributed by atoms with Gasteiger partial charge >= 0.3 is 5.97 Å². The molecule has 0 radical (unpaired) electrons. The van der Waals surface area contributed by atoms with Crippen LogP contribution in [-0.2, 0) is 9.53 Å². The summed E-state index contributed by atoms with van der Waals surface area (Å²) in [4.78, 5) is 13.5. The van der Waals surface area contributed by atoms with Gasteiger partial charge in [-0.3, -0.25) is 4.79 Å². The second-order valence-electron chi connectivity index (χ2n) is 4.96. The molecule has 2 rings (SSSR count). The van der Waals surface area contributed by atoms with Crippen molar-refractivity contribution >= 4 is 11.7 Å². The summed E-state index contributed by atoms with van der Waals surface area (Å²) < 4.78 is 18.4. The number of carbonyl (C=O) groups is 1. The highest BCUT2D eigenvalue weighted by atomic mass is 19.1. The molecule has 1 fully saturated rings. The Hall–Kier alpha value is -1.58. The Morgan fingerprint density at radius 3 is 2.68 bits per heavy atom. The van der Waals surface area contributed by atoms with Crippen molar-refractivity contribution in [1.29, 1.82) is 0 Å². The highest BCUT2D eigenvalue weighted by Crippen LogP contribution is 2.25. The molecule has 1 aromatic carbocycles. The standard InChI is InChI=1S/C15H20FNO2/c1-3-15(18)19-13-6-8-17(9-7-13)14-5-4-12(16)10-11(14)2/h4-5,10,13H,3,6-9H2,1-2H3. The minimum absolute atomic E-state index is 0.0319. The van der Waals surface area contributed by atoms with Gasteiger partial charge in [0.2, 0.25) is 0 Å². The van der Waals surface area contributed by atoms with Gasteiger partial charge in [0.25, 0.3) is 0 Å². The summed E-state index contributed by atoms with van der Waals surface area (Å²) in [5.74, 6) is -0.329. The molecule has 4 heteroatoms. The van der Waals surface area contributed by atoms with E-state index in [4.69, 9.17) is 4.74 Å². The van der Waals surface area contributed by atoms with Gasteiger partial charge in [-0.05, 0) is 30.7 Å². The van der Waals surface area contributed by atoms with Gasteiger partial charge in [-0.15, -0.1) is 0 Å². The Morgan fingerprint density at radius 2 is 2.11 bits per heavy atom. The van der Waals surface area contributed by atoms with Crippen LogP contribution in [0, 0.1) is 12.7 Å². The molecule has 0 aromatic heterocycles. The van der Waals surface area contributed by atoms with Gasteiger partial charge in [-0.1, -0.05) is 6.92 Å². The number of anilines is 1. The van der Waals surface area contributed by atoms with E-state index in [0.717, 1.165) is 37.2 Å². The van der Waals surface area contributed by atoms with Gasteiger partial charge < -0.3 is 9.64 Å². The van der Waals surface area contributed by atoms with E-state index in [-0.39, 0.29) is 17.9 Å². The Labute approximate surface area is 113 Å². The summed E-state index contributed by atoms with van der Waals surface area (Å²) in [5, 5.41) is 0. The molecule has 104 valence electrons. The zero-order valence-electron chi connectivity index (χ0n) is 11.5. The molecule has 1 saturated heterocycles. The molecular weight excluding hydrogens is 245 g/mol. The monoisotopic (exact) mass is 265 g/mol. The molecule has 0 N–H and O–H groups in total. The molecule has 0 amide bonds. The van der Waals surface area contributed by atoms with Gasteiger partial charge in [0, 0.05) is 38.0 Å². The summed E-state index contributed by atoms with van der Waals surface area (Å²) in [5.41, 5.74) is 2.02. The molecule has 0 saturated carbocycles. The van der Waals surface area contributed by atoms with Gasteiger partial charge in [-0.25, -0.2) is 4.39 Å². The molecule has 0 atom stereocenters. The highest BCUT2D eigenvalue weighted by molar-refractivity contribution is 5.69. The SMILES string of the molecule is CCC(=O)OC1CCN(c2ccc(F)cc2C)CC1. The molecule has 19 heavy (non-hydrogen) atoms. The minimum Gasteiger partial charge on any atom is -0.462 e. The number of esters is 1. The molecule has 1 aliphatic rings. The van der Waals surface area contributed by atoms with Crippen LogP contribution in [0.5, 0.6) is 0 Å². The topological polar surface area (TPSA) is 29.5 Å². The first-order valence-electron chi connectivity index (χ1n) is 6.80. The Balaban J connectivity index is 1.94. The van der Waals surface area contributed by atoms with Gasteiger partial charge in [-0.2, -0.15) is 0 Å². The number of rotatable bonds is 3. The minimum atomic E-state index is -0.201. The van der Waals surface area contributed by atoms with E-state index in [1.165, 1.54) is 6.07 Å². The zero-order chi connectivity index (χ0) is 13.8. The summed E-state index contributed by atoms with van der Waals surface area (Å²) in [6, 6.07) is 4.87. The van der Waals surface area contributed by atoms with Crippen molar-refractivity contribution in [3.8, 4) is 0 Å². The van der Waals surface area contributed by atoms with E-state index in [1.54, 1.807) is 13.0 Å². The molecule has 0 unspecified atom stereocenters. The number of hydrogen-bond acceptors (Lipinski definition) is 3. The fourth-order valence-corrected chi connectivity index (χ4v) is 2.46. The van der Waals surface area contributed by atoms with Gasteiger partial charge in [0.05, 0.1) is 0 Å². The Kier molecular flexibility index (Phi) is 4.40. The van der Waals surface area contributed by atoms with E-state index in [0.29, 0.717) is 6.42 Å². The van der Waals surface area contributed by atoms with Gasteiger partial charge in [0.15, 0.2) is 0 Å². The smallest absolute Gasteiger partial charge is 0.305 e. The van der Waals surface area contributed by atoms with E-state index >= 15 is 0 Å². The molecular formula is C15H20FNO2. The van der Waals surface area contributed by atoms with Crippen LogP contribution in [0.4, 0.5) is 10.1 Å². The largest absolute Gasteiger partial charge is 0.462 e. The predicted octanol–water partition coefficient (Wildman–Crippen LogP) is 3.06. The number of benzene rings is 1. The first-order valence-corrected chi connectivity index (χ1v) is 6.80. The third kappa shape index (κ3) is 3.46. The van der Waals surface area contributed by atoms with E-state index in [2.05, 4.69) is 4.90 Å². The van der Waals surface area contributed by atoms with Gasteiger partial charge in [0.1, 0.15) is 11.9 Å². The lowest BCUT2D eigenvalue weighted by atomic mass is 10.1. The number of halogens is 1. The molecule has 1 heterocycles. The third-order valence-corrected chi connectivity index (χ3v) is 3.53. The Bertz CT molecular complexity index is 453. The average molecular weight is 265 g/mol. The molecule has 0 spiro atoms. The number of piperidine rings is 1. The van der Waals surface area contributed by atoms with Crippen molar-refractivity contribution in [3.05, 3.63) is 29.6 Å². The normalized spacial score (nSPS) is 16.5. The van der Waals surface area contributed by atoms with E-state index in [9.17, 15) is 9.18 Å². The molecule has 0 bridgehead atoms. The lowest BCUT2D eigenvalue weighted by Gasteiger charge is -2.34. The van der Waals surface area contributed by atoms with Crippen LogP contribution in [0.2, 0.25) is 0 Å². The fourth-order valence-electron chi connectivity index (χ4n) is 2.46. The van der Waals surface area contributed by atoms with Crippen molar-refractivity contribution < 1.29 is 13.9 Å². The summed E-state index contributed by atoms with van der Waals surface area (Å²) in [6.07, 6.45) is 2.13. The lowest BCUT2D eigenvalue weighted by Crippen LogP contribution is -2.38. The maximum absolute atomic E-state index is 13.1. The van der Waals surface area contributed by atoms with Crippen molar-refractivity contribution in [1.82, 2.24) is 0 Å². The predicted molar refractivity (Wildman–Crippen MR) is 72.8 cm³/mol. The molecule has 3 nitrogen and oxygen atoms in total. The van der Waals surface area contributed by atoms with Crippen LogP contribution in [0.3, 0.4) is 0 Å². The summed E-state index contributed by atoms with van der Waals surface area (Å²) in [6.45, 7) is 5.41. The van der Waals surface area contributed by atoms with E-state index < -0.39 is 0 Å². The number of nitrogens with zero attached hydrogens (tertiary/aromatic N) is 1. The summed E-state index contributed by atoms with van der Waals surface area (Å²) in [7, 11) is 0. The molecule has 0 aliphatic carbocycles. The first kappa shape index (κ1) is 13.8. The molecule has 1 aliphatic heterocycles. The fraction of sp³-hybridized carbons (Fsp3) is 0.533.